The van der Waals surface area contributed by atoms with Crippen LogP contribution in [0.15, 0.2) is 39.7 Å². The highest BCUT2D eigenvalue weighted by Gasteiger charge is 2.01. The Balaban J connectivity index is 2.52. The molecule has 0 unspecified atom stereocenters. The van der Waals surface area contributed by atoms with Gasteiger partial charge in [0, 0.05) is 5.56 Å². The van der Waals surface area contributed by atoms with Crippen LogP contribution in [0.5, 0.6) is 0 Å². The fourth-order valence-electron chi connectivity index (χ4n) is 1.08. The molecule has 0 spiro atoms. The molecule has 0 saturated carbocycles. The zero-order valence-corrected chi connectivity index (χ0v) is 6.58. The lowest BCUT2D eigenvalue weighted by Crippen LogP contribution is -1.94. The van der Waals surface area contributed by atoms with Crippen LogP contribution >= 0.6 is 0 Å². The summed E-state index contributed by atoms with van der Waals surface area (Å²) in [6.07, 6.45) is 1.26. The van der Waals surface area contributed by atoms with Gasteiger partial charge < -0.3 is 4.42 Å². The monoisotopic (exact) mass is 179 g/mol. The lowest BCUT2D eigenvalue weighted by atomic mass is 10.2. The first-order valence-electron chi connectivity index (χ1n) is 3.69. The van der Waals surface area contributed by atoms with Crippen LogP contribution in [0.3, 0.4) is 0 Å². The van der Waals surface area contributed by atoms with Crippen LogP contribution in [0, 0.1) is 5.82 Å². The molecule has 13 heavy (non-hydrogen) atoms. The Kier molecular flexibility index (Phi) is 1.73. The Labute approximate surface area is 72.8 Å². The highest BCUT2D eigenvalue weighted by Crippen LogP contribution is 2.15. The molecule has 4 heteroatoms. The lowest BCUT2D eigenvalue weighted by molar-refractivity contribution is 0.515. The topological polar surface area (TPSA) is 46.0 Å². The molecule has 0 fully saturated rings. The van der Waals surface area contributed by atoms with E-state index in [1.54, 1.807) is 12.1 Å². The summed E-state index contributed by atoms with van der Waals surface area (Å²) in [5.41, 5.74) is 1.07. The molecule has 1 aromatic heterocycles. The molecule has 0 atom stereocenters. The van der Waals surface area contributed by atoms with E-state index in [4.69, 9.17) is 0 Å². The van der Waals surface area contributed by atoms with Crippen molar-refractivity contribution in [1.29, 1.82) is 0 Å². The molecule has 1 N–H and O–H groups in total. The molecule has 0 bridgehead atoms. The summed E-state index contributed by atoms with van der Waals surface area (Å²) in [7, 11) is 0. The van der Waals surface area contributed by atoms with E-state index in [0.717, 1.165) is 0 Å². The minimum atomic E-state index is -0.542. The predicted molar refractivity (Wildman–Crippen MR) is 44.7 cm³/mol. The van der Waals surface area contributed by atoms with Gasteiger partial charge in [0.05, 0.1) is 5.69 Å². The van der Waals surface area contributed by atoms with Crippen LogP contribution in [0.1, 0.15) is 0 Å². The van der Waals surface area contributed by atoms with Crippen molar-refractivity contribution in [2.45, 2.75) is 0 Å². The molecule has 1 heterocycles. The van der Waals surface area contributed by atoms with Gasteiger partial charge in [-0.3, -0.25) is 4.98 Å². The number of hydrogen-bond donors (Lipinski definition) is 1. The van der Waals surface area contributed by atoms with Crippen LogP contribution in [0.2, 0.25) is 0 Å². The Morgan fingerprint density at radius 1 is 1.38 bits per heavy atom. The van der Waals surface area contributed by atoms with Gasteiger partial charge >= 0.3 is 5.76 Å². The molecule has 1 aromatic carbocycles. The zero-order chi connectivity index (χ0) is 9.26. The van der Waals surface area contributed by atoms with E-state index in [0.29, 0.717) is 11.3 Å². The zero-order valence-electron chi connectivity index (χ0n) is 6.58. The van der Waals surface area contributed by atoms with Crippen molar-refractivity contribution >= 4 is 0 Å². The van der Waals surface area contributed by atoms with Crippen LogP contribution in [-0.4, -0.2) is 4.98 Å². The van der Waals surface area contributed by atoms with E-state index in [9.17, 15) is 9.18 Å². The van der Waals surface area contributed by atoms with Crippen LogP contribution in [-0.2, 0) is 0 Å². The largest absolute Gasteiger partial charge is 0.416 e. The number of benzene rings is 1. The fraction of sp³-hybridized carbons (Fsp3) is 0. The van der Waals surface area contributed by atoms with Gasteiger partial charge in [0.1, 0.15) is 12.1 Å². The minimum Gasteiger partial charge on any atom is -0.416 e. The highest BCUT2D eigenvalue weighted by atomic mass is 19.1. The van der Waals surface area contributed by atoms with E-state index < -0.39 is 5.76 Å². The standard InChI is InChI=1S/C9H6FNO2/c10-7-3-1-2-6(4-7)8-5-13-9(12)11-8/h1-5H,(H,11,12). The maximum atomic E-state index is 12.7. The number of aromatic nitrogens is 1. The van der Waals surface area contributed by atoms with Crippen molar-refractivity contribution in [2.75, 3.05) is 0 Å². The summed E-state index contributed by atoms with van der Waals surface area (Å²) >= 11 is 0. The normalized spacial score (nSPS) is 10.2. The van der Waals surface area contributed by atoms with Crippen molar-refractivity contribution in [1.82, 2.24) is 4.98 Å². The molecule has 0 aliphatic rings. The molecule has 2 rings (SSSR count). The second-order valence-corrected chi connectivity index (χ2v) is 2.57. The summed E-state index contributed by atoms with van der Waals surface area (Å²) in [5.74, 6) is -0.890. The van der Waals surface area contributed by atoms with E-state index in [2.05, 4.69) is 9.40 Å². The summed E-state index contributed by atoms with van der Waals surface area (Å²) < 4.78 is 17.3. The number of oxazole rings is 1. The van der Waals surface area contributed by atoms with Crippen LogP contribution in [0.4, 0.5) is 4.39 Å². The summed E-state index contributed by atoms with van der Waals surface area (Å²) in [6.45, 7) is 0. The fourth-order valence-corrected chi connectivity index (χ4v) is 1.08. The average Bonchev–Trinajstić information content (AvgIpc) is 2.52. The van der Waals surface area contributed by atoms with Crippen LogP contribution in [0.25, 0.3) is 11.3 Å². The smallest absolute Gasteiger partial charge is 0.416 e. The first kappa shape index (κ1) is 7.79. The second-order valence-electron chi connectivity index (χ2n) is 2.57. The van der Waals surface area contributed by atoms with E-state index in [-0.39, 0.29) is 5.82 Å². The maximum absolute atomic E-state index is 12.7. The molecule has 3 nitrogen and oxygen atoms in total. The molecule has 66 valence electrons. The van der Waals surface area contributed by atoms with Crippen molar-refractivity contribution in [3.05, 3.63) is 46.9 Å². The highest BCUT2D eigenvalue weighted by molar-refractivity contribution is 5.57. The lowest BCUT2D eigenvalue weighted by Gasteiger charge is -1.94. The van der Waals surface area contributed by atoms with Crippen molar-refractivity contribution in [2.24, 2.45) is 0 Å². The van der Waals surface area contributed by atoms with E-state index in [1.807, 2.05) is 0 Å². The molecule has 0 saturated heterocycles. The van der Waals surface area contributed by atoms with Gasteiger partial charge in [-0.1, -0.05) is 12.1 Å². The maximum Gasteiger partial charge on any atom is 0.416 e. The Bertz CT molecular complexity index is 472. The first-order chi connectivity index (χ1) is 6.25. The van der Waals surface area contributed by atoms with Gasteiger partial charge in [-0.05, 0) is 12.1 Å². The summed E-state index contributed by atoms with van der Waals surface area (Å²) in [6, 6.07) is 5.91. The molecule has 0 amide bonds. The molecular weight excluding hydrogens is 173 g/mol. The molecule has 0 radical (unpaired) electrons. The quantitative estimate of drug-likeness (QED) is 0.725. The van der Waals surface area contributed by atoms with E-state index >= 15 is 0 Å². The van der Waals surface area contributed by atoms with Crippen LogP contribution < -0.4 is 5.76 Å². The Morgan fingerprint density at radius 2 is 2.23 bits per heavy atom. The molecule has 0 aliphatic heterocycles. The minimum absolute atomic E-state index is 0.348. The predicted octanol–water partition coefficient (Wildman–Crippen LogP) is 1.77. The Hall–Kier alpha value is -1.84. The molecule has 0 aliphatic carbocycles. The van der Waals surface area contributed by atoms with E-state index in [1.165, 1.54) is 18.4 Å². The number of aromatic amines is 1. The van der Waals surface area contributed by atoms with Gasteiger partial charge in [0.25, 0.3) is 0 Å². The van der Waals surface area contributed by atoms with Gasteiger partial charge in [-0.15, -0.1) is 0 Å². The Morgan fingerprint density at radius 3 is 2.85 bits per heavy atom. The van der Waals surface area contributed by atoms with Gasteiger partial charge in [0.15, 0.2) is 0 Å². The number of rotatable bonds is 1. The van der Waals surface area contributed by atoms with Crippen molar-refractivity contribution < 1.29 is 8.81 Å². The number of nitrogens with one attached hydrogen (secondary N) is 1. The summed E-state index contributed by atoms with van der Waals surface area (Å²) in [4.78, 5) is 13.1. The third kappa shape index (κ3) is 1.51. The molecular formula is C9H6FNO2. The van der Waals surface area contributed by atoms with Gasteiger partial charge in [-0.2, -0.15) is 0 Å². The number of halogens is 1. The van der Waals surface area contributed by atoms with Gasteiger partial charge in [-0.25, -0.2) is 9.18 Å². The second kappa shape index (κ2) is 2.90. The number of hydrogen-bond acceptors (Lipinski definition) is 2. The van der Waals surface area contributed by atoms with Crippen molar-refractivity contribution in [3.8, 4) is 11.3 Å². The number of H-pyrrole nitrogens is 1. The van der Waals surface area contributed by atoms with Gasteiger partial charge in [0.2, 0.25) is 0 Å². The summed E-state index contributed by atoms with van der Waals surface area (Å²) in [5, 5.41) is 0. The SMILES string of the molecule is O=c1[nH]c(-c2cccc(F)c2)co1. The molecule has 2 aromatic rings. The third-order valence-electron chi connectivity index (χ3n) is 1.66. The average molecular weight is 179 g/mol. The van der Waals surface area contributed by atoms with Crippen molar-refractivity contribution in [3.63, 3.8) is 0 Å². The first-order valence-corrected chi connectivity index (χ1v) is 3.69. The third-order valence-corrected chi connectivity index (χ3v) is 1.66.